The minimum Gasteiger partial charge on any atom is -0.394 e. The Morgan fingerprint density at radius 1 is 1.20 bits per heavy atom. The molecule has 118 valence electrons. The van der Waals surface area contributed by atoms with Crippen molar-refractivity contribution in [2.75, 3.05) is 13.2 Å². The van der Waals surface area contributed by atoms with Crippen molar-refractivity contribution in [2.45, 2.75) is 95.8 Å². The van der Waals surface area contributed by atoms with Crippen LogP contribution in [0.5, 0.6) is 0 Å². The van der Waals surface area contributed by atoms with Gasteiger partial charge in [0.1, 0.15) is 0 Å². The molecule has 0 saturated heterocycles. The van der Waals surface area contributed by atoms with E-state index >= 15 is 0 Å². The third-order valence-electron chi connectivity index (χ3n) is 5.20. The Balaban J connectivity index is 1.90. The van der Waals surface area contributed by atoms with Gasteiger partial charge in [0.2, 0.25) is 0 Å². The number of rotatable bonds is 8. The zero-order chi connectivity index (χ0) is 14.6. The van der Waals surface area contributed by atoms with Crippen molar-refractivity contribution in [3.05, 3.63) is 0 Å². The molecule has 0 bridgehead atoms. The molecule has 2 aliphatic rings. The fourth-order valence-corrected chi connectivity index (χ4v) is 4.00. The molecule has 0 amide bonds. The predicted octanol–water partition coefficient (Wildman–Crippen LogP) is 2.92. The Hall–Kier alpha value is -0.120. The SMILES string of the molecule is CCN(C(C)CC(C)(CO)NC1CC1)C1CCCCC1. The number of aliphatic hydroxyl groups excluding tert-OH is 1. The lowest BCUT2D eigenvalue weighted by Gasteiger charge is -2.41. The molecule has 20 heavy (non-hydrogen) atoms. The van der Waals surface area contributed by atoms with Crippen molar-refractivity contribution in [1.29, 1.82) is 0 Å². The summed E-state index contributed by atoms with van der Waals surface area (Å²) in [5.74, 6) is 0. The quantitative estimate of drug-likeness (QED) is 0.718. The molecule has 0 aromatic rings. The summed E-state index contributed by atoms with van der Waals surface area (Å²) < 4.78 is 0. The van der Waals surface area contributed by atoms with Crippen molar-refractivity contribution >= 4 is 0 Å². The van der Waals surface area contributed by atoms with Crippen LogP contribution in [-0.2, 0) is 0 Å². The lowest BCUT2D eigenvalue weighted by atomic mass is 9.89. The maximum Gasteiger partial charge on any atom is 0.0611 e. The Morgan fingerprint density at radius 2 is 1.85 bits per heavy atom. The van der Waals surface area contributed by atoms with Gasteiger partial charge < -0.3 is 10.4 Å². The lowest BCUT2D eigenvalue weighted by molar-refractivity contribution is 0.0754. The van der Waals surface area contributed by atoms with E-state index in [0.29, 0.717) is 12.1 Å². The zero-order valence-electron chi connectivity index (χ0n) is 13.7. The first-order chi connectivity index (χ1) is 9.58. The Bertz CT molecular complexity index is 287. The molecule has 2 saturated carbocycles. The molecule has 2 aliphatic carbocycles. The minimum atomic E-state index is -0.108. The van der Waals surface area contributed by atoms with Crippen LogP contribution in [0.15, 0.2) is 0 Å². The first kappa shape index (κ1) is 16.3. The van der Waals surface area contributed by atoms with Crippen molar-refractivity contribution in [3.63, 3.8) is 0 Å². The van der Waals surface area contributed by atoms with Crippen molar-refractivity contribution in [3.8, 4) is 0 Å². The molecule has 2 fully saturated rings. The highest BCUT2D eigenvalue weighted by Gasteiger charge is 2.35. The topological polar surface area (TPSA) is 35.5 Å². The highest BCUT2D eigenvalue weighted by atomic mass is 16.3. The fraction of sp³-hybridized carbons (Fsp3) is 1.00. The molecule has 0 aromatic carbocycles. The van der Waals surface area contributed by atoms with Gasteiger partial charge in [0.15, 0.2) is 0 Å². The molecular weight excluding hydrogens is 248 g/mol. The monoisotopic (exact) mass is 282 g/mol. The van der Waals surface area contributed by atoms with Crippen LogP contribution >= 0.6 is 0 Å². The third kappa shape index (κ3) is 4.44. The van der Waals surface area contributed by atoms with E-state index in [1.807, 2.05) is 0 Å². The van der Waals surface area contributed by atoms with Crippen LogP contribution in [0.1, 0.15) is 72.1 Å². The summed E-state index contributed by atoms with van der Waals surface area (Å²) in [5.41, 5.74) is -0.108. The van der Waals surface area contributed by atoms with Crippen molar-refractivity contribution in [1.82, 2.24) is 10.2 Å². The summed E-state index contributed by atoms with van der Waals surface area (Å²) in [5, 5.41) is 13.4. The summed E-state index contributed by atoms with van der Waals surface area (Å²) in [6, 6.07) is 1.98. The maximum absolute atomic E-state index is 9.79. The van der Waals surface area contributed by atoms with E-state index < -0.39 is 0 Å². The third-order valence-corrected chi connectivity index (χ3v) is 5.20. The zero-order valence-corrected chi connectivity index (χ0v) is 13.7. The number of hydrogen-bond donors (Lipinski definition) is 2. The number of nitrogens with zero attached hydrogens (tertiary/aromatic N) is 1. The predicted molar refractivity (Wildman–Crippen MR) is 85.0 cm³/mol. The van der Waals surface area contributed by atoms with Gasteiger partial charge in [-0.25, -0.2) is 0 Å². The molecular formula is C17H34N2O. The first-order valence-electron chi connectivity index (χ1n) is 8.72. The summed E-state index contributed by atoms with van der Waals surface area (Å²) in [7, 11) is 0. The second-order valence-corrected chi connectivity index (χ2v) is 7.31. The summed E-state index contributed by atoms with van der Waals surface area (Å²) in [6.07, 6.45) is 10.5. The van der Waals surface area contributed by atoms with Crippen LogP contribution in [-0.4, -0.2) is 46.8 Å². The largest absolute Gasteiger partial charge is 0.394 e. The fourth-order valence-electron chi connectivity index (χ4n) is 4.00. The number of hydrogen-bond acceptors (Lipinski definition) is 3. The Morgan fingerprint density at radius 3 is 2.35 bits per heavy atom. The molecule has 0 radical (unpaired) electrons. The molecule has 3 heteroatoms. The van der Waals surface area contributed by atoms with Crippen molar-refractivity contribution < 1.29 is 5.11 Å². The van der Waals surface area contributed by atoms with Gasteiger partial charge >= 0.3 is 0 Å². The second-order valence-electron chi connectivity index (χ2n) is 7.31. The van der Waals surface area contributed by atoms with E-state index in [4.69, 9.17) is 0 Å². The lowest BCUT2D eigenvalue weighted by Crippen LogP contribution is -2.53. The summed E-state index contributed by atoms with van der Waals surface area (Å²) >= 11 is 0. The van der Waals surface area contributed by atoms with Gasteiger partial charge in [-0.1, -0.05) is 26.2 Å². The van der Waals surface area contributed by atoms with Gasteiger partial charge in [0.25, 0.3) is 0 Å². The van der Waals surface area contributed by atoms with E-state index in [-0.39, 0.29) is 12.1 Å². The first-order valence-corrected chi connectivity index (χ1v) is 8.72. The highest BCUT2D eigenvalue weighted by molar-refractivity contribution is 4.95. The van der Waals surface area contributed by atoms with Crippen LogP contribution < -0.4 is 5.32 Å². The number of nitrogens with one attached hydrogen (secondary N) is 1. The molecule has 2 N–H and O–H groups in total. The molecule has 2 atom stereocenters. The number of aliphatic hydroxyl groups is 1. The van der Waals surface area contributed by atoms with Crippen LogP contribution in [0.2, 0.25) is 0 Å². The molecule has 0 heterocycles. The average molecular weight is 282 g/mol. The van der Waals surface area contributed by atoms with Crippen LogP contribution in [0.3, 0.4) is 0 Å². The van der Waals surface area contributed by atoms with Crippen LogP contribution in [0.4, 0.5) is 0 Å². The van der Waals surface area contributed by atoms with E-state index in [1.54, 1.807) is 0 Å². The molecule has 2 rings (SSSR count). The van der Waals surface area contributed by atoms with E-state index in [2.05, 4.69) is 31.0 Å². The van der Waals surface area contributed by atoms with Gasteiger partial charge in [-0.2, -0.15) is 0 Å². The Labute approximate surface area is 125 Å². The molecule has 3 nitrogen and oxygen atoms in total. The van der Waals surface area contributed by atoms with Gasteiger partial charge in [0, 0.05) is 23.7 Å². The maximum atomic E-state index is 9.79. The minimum absolute atomic E-state index is 0.108. The van der Waals surface area contributed by atoms with E-state index in [1.165, 1.54) is 44.9 Å². The van der Waals surface area contributed by atoms with E-state index in [9.17, 15) is 5.11 Å². The standard InChI is InChI=1S/C17H34N2O/c1-4-19(16-8-6-5-7-9-16)14(2)12-17(3,13-20)18-15-10-11-15/h14-16,18,20H,4-13H2,1-3H3. The van der Waals surface area contributed by atoms with Crippen LogP contribution in [0, 0.1) is 0 Å². The van der Waals surface area contributed by atoms with Gasteiger partial charge in [-0.15, -0.1) is 0 Å². The van der Waals surface area contributed by atoms with Gasteiger partial charge in [0.05, 0.1) is 6.61 Å². The van der Waals surface area contributed by atoms with Gasteiger partial charge in [-0.3, -0.25) is 4.90 Å². The summed E-state index contributed by atoms with van der Waals surface area (Å²) in [6.45, 7) is 8.21. The Kier molecular flexibility index (Phi) is 5.88. The molecule has 0 aromatic heterocycles. The molecule has 2 unspecified atom stereocenters. The smallest absolute Gasteiger partial charge is 0.0611 e. The second kappa shape index (κ2) is 7.24. The van der Waals surface area contributed by atoms with Gasteiger partial charge in [-0.05, 0) is 52.5 Å². The molecule has 0 spiro atoms. The normalized spacial score (nSPS) is 25.6. The van der Waals surface area contributed by atoms with Crippen molar-refractivity contribution in [2.24, 2.45) is 0 Å². The highest BCUT2D eigenvalue weighted by Crippen LogP contribution is 2.29. The summed E-state index contributed by atoms with van der Waals surface area (Å²) in [4.78, 5) is 2.68. The van der Waals surface area contributed by atoms with Crippen LogP contribution in [0.25, 0.3) is 0 Å². The molecule has 0 aliphatic heterocycles. The van der Waals surface area contributed by atoms with E-state index in [0.717, 1.165) is 19.0 Å². The average Bonchev–Trinajstić information content (AvgIpc) is 3.24.